The van der Waals surface area contributed by atoms with E-state index in [4.69, 9.17) is 9.84 Å². The maximum absolute atomic E-state index is 14.3. The van der Waals surface area contributed by atoms with Gasteiger partial charge in [0.1, 0.15) is 17.3 Å². The zero-order valence-corrected chi connectivity index (χ0v) is 19.1. The molecule has 0 atom stereocenters. The molecule has 5 rings (SSSR count). The number of halogens is 1. The van der Waals surface area contributed by atoms with E-state index in [1.165, 1.54) is 6.07 Å². The van der Waals surface area contributed by atoms with Crippen LogP contribution in [0.15, 0.2) is 48.5 Å². The Balaban J connectivity index is 1.51. The van der Waals surface area contributed by atoms with Crippen molar-refractivity contribution in [3.8, 4) is 11.4 Å². The number of para-hydroxylation sites is 2. The molecule has 2 heterocycles. The van der Waals surface area contributed by atoms with Gasteiger partial charge in [0.15, 0.2) is 0 Å². The van der Waals surface area contributed by atoms with Crippen LogP contribution in [-0.2, 0) is 30.8 Å². The van der Waals surface area contributed by atoms with Crippen molar-refractivity contribution in [2.24, 2.45) is 0 Å². The highest BCUT2D eigenvalue weighted by Crippen LogP contribution is 2.33. The number of amides is 1. The molecule has 1 fully saturated rings. The minimum absolute atomic E-state index is 0.0807. The average Bonchev–Trinajstić information content (AvgIpc) is 3.60. The molecule has 3 aromatic rings. The lowest BCUT2D eigenvalue weighted by atomic mass is 10.0. The Kier molecular flexibility index (Phi) is 5.89. The predicted octanol–water partition coefficient (Wildman–Crippen LogP) is 4.09. The number of rotatable bonds is 7. The molecule has 0 unspecified atom stereocenters. The van der Waals surface area contributed by atoms with Crippen molar-refractivity contribution < 1.29 is 13.9 Å². The van der Waals surface area contributed by atoms with E-state index in [9.17, 15) is 9.18 Å². The van der Waals surface area contributed by atoms with Crippen LogP contribution in [0.3, 0.4) is 0 Å². The maximum atomic E-state index is 14.3. The number of methoxy groups -OCH3 is 1. The van der Waals surface area contributed by atoms with Gasteiger partial charge in [-0.2, -0.15) is 5.10 Å². The topological polar surface area (TPSA) is 50.6 Å². The summed E-state index contributed by atoms with van der Waals surface area (Å²) in [6.07, 6.45) is 2.89. The molecule has 2 aromatic carbocycles. The Labute approximate surface area is 193 Å². The lowest BCUT2D eigenvalue weighted by Gasteiger charge is -2.28. The summed E-state index contributed by atoms with van der Waals surface area (Å²) in [5.74, 6) is 0.663. The molecule has 7 heteroatoms. The summed E-state index contributed by atoms with van der Waals surface area (Å²) in [5, 5.41) is 5.00. The number of nitrogens with zero attached hydrogens (tertiary/aromatic N) is 4. The third-order valence-corrected chi connectivity index (χ3v) is 6.60. The monoisotopic (exact) mass is 448 g/mol. The van der Waals surface area contributed by atoms with Gasteiger partial charge in [0, 0.05) is 50.1 Å². The molecular weight excluding hydrogens is 419 g/mol. The van der Waals surface area contributed by atoms with E-state index >= 15 is 0 Å². The molecule has 0 radical (unpaired) electrons. The number of aromatic nitrogens is 2. The second-order valence-corrected chi connectivity index (χ2v) is 8.89. The Morgan fingerprint density at radius 1 is 1.18 bits per heavy atom. The maximum Gasteiger partial charge on any atom is 0.220 e. The van der Waals surface area contributed by atoms with Crippen LogP contribution >= 0.6 is 0 Å². The first-order chi connectivity index (χ1) is 16.0. The molecule has 1 aromatic heterocycles. The van der Waals surface area contributed by atoms with Crippen LogP contribution in [0, 0.1) is 5.82 Å². The standard InChI is InChI=1S/C26H29FN4O2/c1-18(32)30(20-11-12-20)17-23-21-16-29(15-19-7-3-4-8-22(19)27)14-13-24(21)31(28-23)25-9-5-6-10-26(25)33-2/h3-10,20H,11-17H2,1-2H3. The molecule has 0 bridgehead atoms. The smallest absolute Gasteiger partial charge is 0.220 e. The highest BCUT2D eigenvalue weighted by molar-refractivity contribution is 5.74. The normalized spacial score (nSPS) is 15.8. The van der Waals surface area contributed by atoms with E-state index in [2.05, 4.69) is 4.90 Å². The number of carbonyl (C=O) groups is 1. The van der Waals surface area contributed by atoms with Crippen molar-refractivity contribution >= 4 is 5.91 Å². The summed E-state index contributed by atoms with van der Waals surface area (Å²) in [6.45, 7) is 4.15. The van der Waals surface area contributed by atoms with Crippen molar-refractivity contribution in [3.63, 3.8) is 0 Å². The van der Waals surface area contributed by atoms with Gasteiger partial charge in [-0.25, -0.2) is 9.07 Å². The average molecular weight is 449 g/mol. The van der Waals surface area contributed by atoms with Gasteiger partial charge in [0.2, 0.25) is 5.91 Å². The number of benzene rings is 2. The van der Waals surface area contributed by atoms with Crippen molar-refractivity contribution in [2.75, 3.05) is 13.7 Å². The fourth-order valence-corrected chi connectivity index (χ4v) is 4.72. The van der Waals surface area contributed by atoms with Crippen molar-refractivity contribution in [3.05, 3.63) is 76.9 Å². The first kappa shape index (κ1) is 21.6. The van der Waals surface area contributed by atoms with Crippen LogP contribution in [-0.4, -0.2) is 45.2 Å². The van der Waals surface area contributed by atoms with Crippen molar-refractivity contribution in [1.29, 1.82) is 0 Å². The van der Waals surface area contributed by atoms with E-state index in [1.807, 2.05) is 46.0 Å². The Morgan fingerprint density at radius 2 is 1.94 bits per heavy atom. The Bertz CT molecular complexity index is 1170. The number of carbonyl (C=O) groups excluding carboxylic acids is 1. The zero-order chi connectivity index (χ0) is 22.9. The number of hydrogen-bond donors (Lipinski definition) is 0. The minimum atomic E-state index is -0.176. The quantitative estimate of drug-likeness (QED) is 0.546. The molecule has 33 heavy (non-hydrogen) atoms. The van der Waals surface area contributed by atoms with Crippen LogP contribution < -0.4 is 4.74 Å². The van der Waals surface area contributed by atoms with Gasteiger partial charge in [0.05, 0.1) is 25.0 Å². The first-order valence-corrected chi connectivity index (χ1v) is 11.5. The van der Waals surface area contributed by atoms with Gasteiger partial charge in [-0.05, 0) is 31.0 Å². The van der Waals surface area contributed by atoms with E-state index in [0.717, 1.165) is 54.2 Å². The predicted molar refractivity (Wildman–Crippen MR) is 124 cm³/mol. The van der Waals surface area contributed by atoms with Crippen LogP contribution in [0.1, 0.15) is 42.3 Å². The van der Waals surface area contributed by atoms with Crippen molar-refractivity contribution in [1.82, 2.24) is 19.6 Å². The zero-order valence-electron chi connectivity index (χ0n) is 19.1. The summed E-state index contributed by atoms with van der Waals surface area (Å²) in [5.41, 5.74) is 4.78. The largest absolute Gasteiger partial charge is 0.494 e. The fraction of sp³-hybridized carbons (Fsp3) is 0.385. The van der Waals surface area contributed by atoms with E-state index in [0.29, 0.717) is 31.2 Å². The molecule has 1 aliphatic carbocycles. The summed E-state index contributed by atoms with van der Waals surface area (Å²) < 4.78 is 21.9. The molecule has 1 saturated carbocycles. The van der Waals surface area contributed by atoms with E-state index in [-0.39, 0.29) is 11.7 Å². The van der Waals surface area contributed by atoms with Crippen molar-refractivity contribution in [2.45, 2.75) is 51.9 Å². The minimum Gasteiger partial charge on any atom is -0.494 e. The van der Waals surface area contributed by atoms with Crippen LogP contribution in [0.25, 0.3) is 5.69 Å². The molecule has 1 aliphatic heterocycles. The van der Waals surface area contributed by atoms with Gasteiger partial charge in [-0.15, -0.1) is 0 Å². The molecule has 0 N–H and O–H groups in total. The summed E-state index contributed by atoms with van der Waals surface area (Å²) >= 11 is 0. The second kappa shape index (κ2) is 8.98. The number of fused-ring (bicyclic) bond motifs is 1. The van der Waals surface area contributed by atoms with Gasteiger partial charge < -0.3 is 9.64 Å². The third-order valence-electron chi connectivity index (χ3n) is 6.60. The van der Waals surface area contributed by atoms with Gasteiger partial charge >= 0.3 is 0 Å². The molecular formula is C26H29FN4O2. The van der Waals surface area contributed by atoms with Crippen LogP contribution in [0.5, 0.6) is 5.75 Å². The molecule has 0 spiro atoms. The SMILES string of the molecule is COc1ccccc1-n1nc(CN(C(C)=O)C2CC2)c2c1CCN(Cc1ccccc1F)C2. The summed E-state index contributed by atoms with van der Waals surface area (Å²) in [6, 6.07) is 15.1. The number of ether oxygens (including phenoxy) is 1. The third kappa shape index (κ3) is 4.37. The fourth-order valence-electron chi connectivity index (χ4n) is 4.72. The Hall–Kier alpha value is -3.19. The number of hydrogen-bond acceptors (Lipinski definition) is 4. The van der Waals surface area contributed by atoms with Crippen LogP contribution in [0.2, 0.25) is 0 Å². The summed E-state index contributed by atoms with van der Waals surface area (Å²) in [7, 11) is 1.66. The molecule has 2 aliphatic rings. The second-order valence-electron chi connectivity index (χ2n) is 8.89. The highest BCUT2D eigenvalue weighted by Gasteiger charge is 2.34. The van der Waals surface area contributed by atoms with Gasteiger partial charge in [-0.3, -0.25) is 9.69 Å². The molecule has 1 amide bonds. The van der Waals surface area contributed by atoms with E-state index < -0.39 is 0 Å². The highest BCUT2D eigenvalue weighted by atomic mass is 19.1. The Morgan fingerprint density at radius 3 is 2.67 bits per heavy atom. The lowest BCUT2D eigenvalue weighted by molar-refractivity contribution is -0.130. The van der Waals surface area contributed by atoms with Crippen LogP contribution in [0.4, 0.5) is 4.39 Å². The molecule has 6 nitrogen and oxygen atoms in total. The molecule has 172 valence electrons. The summed E-state index contributed by atoms with van der Waals surface area (Å²) in [4.78, 5) is 16.5. The van der Waals surface area contributed by atoms with Gasteiger partial charge in [0.25, 0.3) is 0 Å². The van der Waals surface area contributed by atoms with Gasteiger partial charge in [-0.1, -0.05) is 30.3 Å². The van der Waals surface area contributed by atoms with E-state index in [1.54, 1.807) is 20.1 Å². The molecule has 0 saturated heterocycles. The first-order valence-electron chi connectivity index (χ1n) is 11.5. The lowest BCUT2D eigenvalue weighted by Crippen LogP contribution is -2.33.